The van der Waals surface area contributed by atoms with Crippen molar-refractivity contribution in [2.45, 2.75) is 0 Å². The monoisotopic (exact) mass is 392 g/mol. The van der Waals surface area contributed by atoms with Gasteiger partial charge in [-0.15, -0.1) is 0 Å². The van der Waals surface area contributed by atoms with E-state index in [9.17, 15) is 9.59 Å². The van der Waals surface area contributed by atoms with Crippen LogP contribution in [0.1, 0.15) is 26.3 Å². The van der Waals surface area contributed by atoms with Gasteiger partial charge in [0.25, 0.3) is 0 Å². The molecular formula is C23H17ClO4. The van der Waals surface area contributed by atoms with Crippen LogP contribution in [-0.2, 0) is 0 Å². The molecule has 5 heteroatoms. The predicted molar refractivity (Wildman–Crippen MR) is 109 cm³/mol. The Hall–Kier alpha value is -3.37. The summed E-state index contributed by atoms with van der Waals surface area (Å²) in [5, 5.41) is 0.315. The zero-order valence-electron chi connectivity index (χ0n) is 15.1. The molecule has 0 amide bonds. The van der Waals surface area contributed by atoms with Gasteiger partial charge in [0.05, 0.1) is 17.7 Å². The summed E-state index contributed by atoms with van der Waals surface area (Å²) in [7, 11) is 1.57. The standard InChI is InChI=1S/C23H17ClO4/c1-27-18-13-10-16(11-14-18)21(25)15-12-17-6-2-5-9-22(17)28-23(26)19-7-3-4-8-20(19)24/h2-15H,1H3/b15-12+. The van der Waals surface area contributed by atoms with Gasteiger partial charge >= 0.3 is 5.97 Å². The zero-order valence-corrected chi connectivity index (χ0v) is 15.8. The van der Waals surface area contributed by atoms with E-state index in [1.165, 1.54) is 6.08 Å². The largest absolute Gasteiger partial charge is 0.497 e. The molecule has 28 heavy (non-hydrogen) atoms. The second-order valence-corrected chi connectivity index (χ2v) is 6.24. The Kier molecular flexibility index (Phi) is 6.25. The molecule has 0 saturated heterocycles. The van der Waals surface area contributed by atoms with Crippen molar-refractivity contribution in [3.8, 4) is 11.5 Å². The average Bonchev–Trinajstić information content (AvgIpc) is 2.73. The Labute approximate surface area is 168 Å². The number of carbonyl (C=O) groups excluding carboxylic acids is 2. The van der Waals surface area contributed by atoms with E-state index in [2.05, 4.69) is 0 Å². The summed E-state index contributed by atoms with van der Waals surface area (Å²) >= 11 is 6.05. The number of hydrogen-bond acceptors (Lipinski definition) is 4. The highest BCUT2D eigenvalue weighted by atomic mass is 35.5. The molecular weight excluding hydrogens is 376 g/mol. The Bertz CT molecular complexity index is 1020. The third kappa shape index (κ3) is 4.67. The summed E-state index contributed by atoms with van der Waals surface area (Å²) in [6.45, 7) is 0. The molecule has 3 aromatic carbocycles. The summed E-state index contributed by atoms with van der Waals surface area (Å²) in [5.74, 6) is 0.284. The molecule has 0 aliphatic rings. The van der Waals surface area contributed by atoms with E-state index in [1.54, 1.807) is 86.0 Å². The summed E-state index contributed by atoms with van der Waals surface area (Å²) in [5.41, 5.74) is 1.41. The fraction of sp³-hybridized carbons (Fsp3) is 0.0435. The van der Waals surface area contributed by atoms with Crippen molar-refractivity contribution in [3.63, 3.8) is 0 Å². The van der Waals surface area contributed by atoms with Crippen LogP contribution in [0.3, 0.4) is 0 Å². The molecule has 0 heterocycles. The van der Waals surface area contributed by atoms with Gasteiger partial charge in [-0.3, -0.25) is 4.79 Å². The number of halogens is 1. The van der Waals surface area contributed by atoms with Gasteiger partial charge < -0.3 is 9.47 Å². The van der Waals surface area contributed by atoms with E-state index < -0.39 is 5.97 Å². The van der Waals surface area contributed by atoms with Gasteiger partial charge in [-0.2, -0.15) is 0 Å². The number of ether oxygens (including phenoxy) is 2. The van der Waals surface area contributed by atoms with E-state index in [0.29, 0.717) is 27.6 Å². The van der Waals surface area contributed by atoms with Crippen molar-refractivity contribution in [2.24, 2.45) is 0 Å². The number of carbonyl (C=O) groups is 2. The lowest BCUT2D eigenvalue weighted by Crippen LogP contribution is -2.09. The van der Waals surface area contributed by atoms with E-state index >= 15 is 0 Å². The lowest BCUT2D eigenvalue weighted by atomic mass is 10.1. The minimum Gasteiger partial charge on any atom is -0.497 e. The second-order valence-electron chi connectivity index (χ2n) is 5.83. The molecule has 0 bridgehead atoms. The summed E-state index contributed by atoms with van der Waals surface area (Å²) in [6, 6.07) is 20.4. The SMILES string of the molecule is COc1ccc(C(=O)/C=C/c2ccccc2OC(=O)c2ccccc2Cl)cc1. The molecule has 4 nitrogen and oxygen atoms in total. The third-order valence-electron chi connectivity index (χ3n) is 4.00. The highest BCUT2D eigenvalue weighted by Gasteiger charge is 2.13. The fourth-order valence-corrected chi connectivity index (χ4v) is 2.72. The molecule has 3 aromatic rings. The molecule has 0 spiro atoms. The van der Waals surface area contributed by atoms with Crippen molar-refractivity contribution in [2.75, 3.05) is 7.11 Å². The topological polar surface area (TPSA) is 52.6 Å². The molecule has 0 N–H and O–H groups in total. The lowest BCUT2D eigenvalue weighted by Gasteiger charge is -2.08. The van der Waals surface area contributed by atoms with Crippen molar-refractivity contribution in [3.05, 3.63) is 101 Å². The number of methoxy groups -OCH3 is 1. The number of esters is 1. The summed E-state index contributed by atoms with van der Waals surface area (Å²) in [4.78, 5) is 24.8. The maximum Gasteiger partial charge on any atom is 0.345 e. The first-order valence-electron chi connectivity index (χ1n) is 8.50. The maximum absolute atomic E-state index is 12.4. The van der Waals surface area contributed by atoms with Crippen LogP contribution in [0.25, 0.3) is 6.08 Å². The minimum atomic E-state index is -0.562. The molecule has 0 aliphatic carbocycles. The molecule has 0 fully saturated rings. The molecule has 3 rings (SSSR count). The predicted octanol–water partition coefficient (Wildman–Crippen LogP) is 5.46. The van der Waals surface area contributed by atoms with Crippen LogP contribution >= 0.6 is 11.6 Å². The van der Waals surface area contributed by atoms with Crippen LogP contribution in [0.4, 0.5) is 0 Å². The highest BCUT2D eigenvalue weighted by Crippen LogP contribution is 2.23. The molecule has 0 unspecified atom stereocenters. The Balaban J connectivity index is 1.78. The van der Waals surface area contributed by atoms with Crippen LogP contribution in [-0.4, -0.2) is 18.9 Å². The first-order chi connectivity index (χ1) is 13.6. The van der Waals surface area contributed by atoms with Gasteiger partial charge in [-0.05, 0) is 54.6 Å². The molecule has 0 aliphatic heterocycles. The van der Waals surface area contributed by atoms with Crippen molar-refractivity contribution in [1.82, 2.24) is 0 Å². The first-order valence-corrected chi connectivity index (χ1v) is 8.88. The zero-order chi connectivity index (χ0) is 19.9. The number of para-hydroxylation sites is 1. The smallest absolute Gasteiger partial charge is 0.345 e. The average molecular weight is 393 g/mol. The van der Waals surface area contributed by atoms with Gasteiger partial charge in [0, 0.05) is 11.1 Å². The van der Waals surface area contributed by atoms with Crippen molar-refractivity contribution < 1.29 is 19.1 Å². The van der Waals surface area contributed by atoms with E-state index in [4.69, 9.17) is 21.1 Å². The Morgan fingerprint density at radius 3 is 2.29 bits per heavy atom. The molecule has 140 valence electrons. The second kappa shape index (κ2) is 9.02. The lowest BCUT2D eigenvalue weighted by molar-refractivity contribution is 0.0734. The van der Waals surface area contributed by atoms with Gasteiger partial charge in [0.2, 0.25) is 0 Å². The highest BCUT2D eigenvalue weighted by molar-refractivity contribution is 6.33. The maximum atomic E-state index is 12.4. The van der Waals surface area contributed by atoms with E-state index in [0.717, 1.165) is 0 Å². The van der Waals surface area contributed by atoms with Gasteiger partial charge in [0.15, 0.2) is 5.78 Å². The number of benzene rings is 3. The quantitative estimate of drug-likeness (QED) is 0.242. The van der Waals surface area contributed by atoms with Crippen LogP contribution in [0.15, 0.2) is 78.9 Å². The van der Waals surface area contributed by atoms with Gasteiger partial charge in [-0.1, -0.05) is 41.9 Å². The summed E-state index contributed by atoms with van der Waals surface area (Å²) < 4.78 is 10.6. The minimum absolute atomic E-state index is 0.171. The Morgan fingerprint density at radius 1 is 0.893 bits per heavy atom. The molecule has 0 saturated carbocycles. The fourth-order valence-electron chi connectivity index (χ4n) is 2.51. The Morgan fingerprint density at radius 2 is 1.57 bits per heavy atom. The van der Waals surface area contributed by atoms with Gasteiger partial charge in [-0.25, -0.2) is 4.79 Å². The van der Waals surface area contributed by atoms with Gasteiger partial charge in [0.1, 0.15) is 11.5 Å². The number of ketones is 1. The number of rotatable bonds is 6. The number of allylic oxidation sites excluding steroid dienone is 1. The van der Waals surface area contributed by atoms with Crippen LogP contribution in [0, 0.1) is 0 Å². The van der Waals surface area contributed by atoms with Crippen LogP contribution < -0.4 is 9.47 Å². The van der Waals surface area contributed by atoms with E-state index in [-0.39, 0.29) is 11.3 Å². The van der Waals surface area contributed by atoms with Crippen molar-refractivity contribution >= 4 is 29.4 Å². The van der Waals surface area contributed by atoms with E-state index in [1.807, 2.05) is 0 Å². The van der Waals surface area contributed by atoms with Crippen LogP contribution in [0.2, 0.25) is 5.02 Å². The molecule has 0 aromatic heterocycles. The van der Waals surface area contributed by atoms with Crippen LogP contribution in [0.5, 0.6) is 11.5 Å². The summed E-state index contributed by atoms with van der Waals surface area (Å²) in [6.07, 6.45) is 3.05. The molecule has 0 atom stereocenters. The molecule has 0 radical (unpaired) electrons. The number of hydrogen-bond donors (Lipinski definition) is 0. The first kappa shape index (κ1) is 19.4. The normalized spacial score (nSPS) is 10.6. The van der Waals surface area contributed by atoms with Crippen molar-refractivity contribution in [1.29, 1.82) is 0 Å². The third-order valence-corrected chi connectivity index (χ3v) is 4.33.